The highest BCUT2D eigenvalue weighted by atomic mass is 16.8. The number of nitrogens with one attached hydrogen (secondary N) is 2. The van der Waals surface area contributed by atoms with Crippen LogP contribution in [-0.2, 0) is 14.2 Å². The van der Waals surface area contributed by atoms with Crippen LogP contribution < -0.4 is 16.6 Å². The van der Waals surface area contributed by atoms with Crippen molar-refractivity contribution in [3.05, 3.63) is 23.0 Å². The predicted molar refractivity (Wildman–Crippen MR) is 96.1 cm³/mol. The molecular weight excluding hydrogens is 356 g/mol. The van der Waals surface area contributed by atoms with Gasteiger partial charge in [-0.05, 0) is 13.8 Å². The molecule has 0 amide bonds. The highest BCUT2D eigenvalue weighted by molar-refractivity contribution is 5.75. The Morgan fingerprint density at radius 1 is 1.41 bits per heavy atom. The fourth-order valence-electron chi connectivity index (χ4n) is 3.54. The van der Waals surface area contributed by atoms with Crippen molar-refractivity contribution in [1.82, 2.24) is 19.5 Å². The molecule has 0 spiro atoms. The van der Waals surface area contributed by atoms with Crippen LogP contribution in [-0.4, -0.2) is 61.9 Å². The smallest absolute Gasteiger partial charge is 0.280 e. The molecule has 11 heteroatoms. The van der Waals surface area contributed by atoms with Gasteiger partial charge in [-0.1, -0.05) is 6.08 Å². The van der Waals surface area contributed by atoms with E-state index in [-0.39, 0.29) is 23.7 Å². The van der Waals surface area contributed by atoms with Gasteiger partial charge in [0.1, 0.15) is 18.3 Å². The van der Waals surface area contributed by atoms with Crippen molar-refractivity contribution in [2.75, 3.05) is 24.2 Å². The molecule has 4 rings (SSSR count). The maximum atomic E-state index is 12.3. The minimum Gasteiger partial charge on any atom is -0.394 e. The van der Waals surface area contributed by atoms with Gasteiger partial charge >= 0.3 is 0 Å². The van der Waals surface area contributed by atoms with Crippen molar-refractivity contribution in [2.24, 2.45) is 0 Å². The lowest BCUT2D eigenvalue weighted by Crippen LogP contribution is -2.31. The monoisotopic (exact) mass is 378 g/mol. The molecule has 2 aromatic rings. The summed E-state index contributed by atoms with van der Waals surface area (Å²) in [5, 5.41) is 12.8. The number of nitrogens with two attached hydrogens (primary N) is 1. The number of aliphatic hydroxyl groups is 1. The molecule has 27 heavy (non-hydrogen) atoms. The molecule has 2 aromatic heterocycles. The standard InChI is InChI=1S/C16H22N6O5/c1-4-5-18-15-19-8-11(20-14(17)21-12(8)24)22(15)13-10-9(7(6-23)25-13)26-16(2,3)27-10/h4,7,9-10,13,23H,1,5-6H2,2-3H3,(H,18,19)(H3,17,20,21,24)/t7-,9-,10-,13-/m1/s1. The average molecular weight is 378 g/mol. The summed E-state index contributed by atoms with van der Waals surface area (Å²) in [7, 11) is 0. The van der Waals surface area contributed by atoms with Gasteiger partial charge in [-0.15, -0.1) is 6.58 Å². The lowest BCUT2D eigenvalue weighted by atomic mass is 10.1. The van der Waals surface area contributed by atoms with E-state index in [1.807, 2.05) is 0 Å². The number of hydrogen-bond acceptors (Lipinski definition) is 9. The van der Waals surface area contributed by atoms with Crippen LogP contribution in [0.3, 0.4) is 0 Å². The number of nitrogen functional groups attached to an aromatic ring is 1. The first-order chi connectivity index (χ1) is 12.8. The Morgan fingerprint density at radius 3 is 2.85 bits per heavy atom. The molecule has 146 valence electrons. The number of aliphatic hydroxyl groups excluding tert-OH is 1. The summed E-state index contributed by atoms with van der Waals surface area (Å²) < 4.78 is 19.5. The van der Waals surface area contributed by atoms with Crippen molar-refractivity contribution in [1.29, 1.82) is 0 Å². The normalized spacial score (nSPS) is 29.1. The Kier molecular flexibility index (Phi) is 4.18. The number of rotatable bonds is 5. The summed E-state index contributed by atoms with van der Waals surface area (Å²) in [6.45, 7) is 7.42. The zero-order valence-electron chi connectivity index (χ0n) is 15.0. The minimum atomic E-state index is -0.834. The van der Waals surface area contributed by atoms with Gasteiger partial charge in [-0.2, -0.15) is 4.98 Å². The van der Waals surface area contributed by atoms with E-state index in [4.69, 9.17) is 19.9 Å². The summed E-state index contributed by atoms with van der Waals surface area (Å²) in [5.41, 5.74) is 5.62. The van der Waals surface area contributed by atoms with Crippen LogP contribution in [0.4, 0.5) is 11.9 Å². The highest BCUT2D eigenvalue weighted by Crippen LogP contribution is 2.44. The molecule has 2 aliphatic heterocycles. The lowest BCUT2D eigenvalue weighted by molar-refractivity contribution is -0.199. The molecule has 4 heterocycles. The Labute approximate surface area is 154 Å². The second-order valence-corrected chi connectivity index (χ2v) is 6.91. The first-order valence-electron chi connectivity index (χ1n) is 8.59. The third kappa shape index (κ3) is 2.88. The molecule has 2 aliphatic rings. The third-order valence-electron chi connectivity index (χ3n) is 4.53. The van der Waals surface area contributed by atoms with Gasteiger partial charge in [0.2, 0.25) is 11.9 Å². The van der Waals surface area contributed by atoms with Crippen molar-refractivity contribution >= 4 is 23.1 Å². The van der Waals surface area contributed by atoms with Crippen LogP contribution >= 0.6 is 0 Å². The van der Waals surface area contributed by atoms with Gasteiger partial charge in [0, 0.05) is 6.54 Å². The summed E-state index contributed by atoms with van der Waals surface area (Å²) in [6.07, 6.45) is -0.658. The summed E-state index contributed by atoms with van der Waals surface area (Å²) >= 11 is 0. The van der Waals surface area contributed by atoms with Crippen LogP contribution in [0.25, 0.3) is 11.2 Å². The Balaban J connectivity index is 1.86. The fraction of sp³-hybridized carbons (Fsp3) is 0.562. The number of aromatic amines is 1. The molecule has 2 fully saturated rings. The van der Waals surface area contributed by atoms with Gasteiger partial charge < -0.3 is 30.4 Å². The number of H-pyrrole nitrogens is 1. The second kappa shape index (κ2) is 6.30. The maximum absolute atomic E-state index is 12.3. The van der Waals surface area contributed by atoms with E-state index in [0.717, 1.165) is 0 Å². The zero-order valence-corrected chi connectivity index (χ0v) is 15.0. The predicted octanol–water partition coefficient (Wildman–Crippen LogP) is -0.290. The largest absolute Gasteiger partial charge is 0.394 e. The summed E-state index contributed by atoms with van der Waals surface area (Å²) in [6, 6.07) is 0. The lowest BCUT2D eigenvalue weighted by Gasteiger charge is -2.25. The number of aromatic nitrogens is 4. The summed E-state index contributed by atoms with van der Waals surface area (Å²) in [5.74, 6) is -0.523. The Morgan fingerprint density at radius 2 is 2.15 bits per heavy atom. The van der Waals surface area contributed by atoms with E-state index in [2.05, 4.69) is 26.8 Å². The quantitative estimate of drug-likeness (QED) is 0.515. The molecule has 0 saturated carbocycles. The van der Waals surface area contributed by atoms with Crippen molar-refractivity contribution in [3.8, 4) is 0 Å². The van der Waals surface area contributed by atoms with Gasteiger partial charge in [0.25, 0.3) is 5.56 Å². The SMILES string of the molecule is C=CCNc1nc2c(=O)[nH]c(N)nc2n1[C@@H]1O[C@H](CO)[C@H]2OC(C)(C)O[C@H]21. The molecule has 0 unspecified atom stereocenters. The third-order valence-corrected chi connectivity index (χ3v) is 4.53. The fourth-order valence-corrected chi connectivity index (χ4v) is 3.54. The van der Waals surface area contributed by atoms with Crippen molar-refractivity contribution in [2.45, 2.75) is 44.2 Å². The van der Waals surface area contributed by atoms with Gasteiger partial charge in [0.05, 0.1) is 6.61 Å². The first-order valence-corrected chi connectivity index (χ1v) is 8.59. The molecular formula is C16H22N6O5. The number of fused-ring (bicyclic) bond motifs is 2. The molecule has 0 aliphatic carbocycles. The van der Waals surface area contributed by atoms with Gasteiger partial charge in [-0.3, -0.25) is 14.3 Å². The van der Waals surface area contributed by atoms with Crippen LogP contribution in [0.2, 0.25) is 0 Å². The number of ether oxygens (including phenoxy) is 3. The van der Waals surface area contributed by atoms with Crippen LogP contribution in [0.5, 0.6) is 0 Å². The molecule has 4 atom stereocenters. The number of hydrogen-bond donors (Lipinski definition) is 4. The number of imidazole rings is 1. The Hall–Kier alpha value is -2.47. The van der Waals surface area contributed by atoms with Gasteiger partial charge in [0.15, 0.2) is 23.2 Å². The Bertz CT molecular complexity index is 937. The molecule has 0 bridgehead atoms. The van der Waals surface area contributed by atoms with E-state index >= 15 is 0 Å². The molecule has 0 aromatic carbocycles. The molecule has 5 N–H and O–H groups in total. The van der Waals surface area contributed by atoms with Gasteiger partial charge in [-0.25, -0.2) is 4.98 Å². The number of anilines is 2. The topological polar surface area (TPSA) is 150 Å². The zero-order chi connectivity index (χ0) is 19.3. The van der Waals surface area contributed by atoms with E-state index in [1.54, 1.807) is 24.5 Å². The summed E-state index contributed by atoms with van der Waals surface area (Å²) in [4.78, 5) is 23.3. The minimum absolute atomic E-state index is 0.0407. The van der Waals surface area contributed by atoms with Crippen LogP contribution in [0, 0.1) is 0 Å². The molecule has 2 saturated heterocycles. The average Bonchev–Trinajstić information content (AvgIpc) is 3.21. The maximum Gasteiger partial charge on any atom is 0.280 e. The number of nitrogens with zero attached hydrogens (tertiary/aromatic N) is 3. The van der Waals surface area contributed by atoms with Crippen LogP contribution in [0.15, 0.2) is 17.4 Å². The van der Waals surface area contributed by atoms with Crippen LogP contribution in [0.1, 0.15) is 20.1 Å². The molecule has 11 nitrogen and oxygen atoms in total. The van der Waals surface area contributed by atoms with E-state index in [0.29, 0.717) is 12.5 Å². The first kappa shape index (κ1) is 17.9. The molecule has 0 radical (unpaired) electrons. The van der Waals surface area contributed by atoms with Crippen molar-refractivity contribution in [3.63, 3.8) is 0 Å². The van der Waals surface area contributed by atoms with E-state index in [1.165, 1.54) is 0 Å². The highest BCUT2D eigenvalue weighted by Gasteiger charge is 2.56. The van der Waals surface area contributed by atoms with E-state index < -0.39 is 35.9 Å². The van der Waals surface area contributed by atoms with E-state index in [9.17, 15) is 9.90 Å². The van der Waals surface area contributed by atoms with Crippen molar-refractivity contribution < 1.29 is 19.3 Å². The second-order valence-electron chi connectivity index (χ2n) is 6.91.